The number of hydrogen-bond acceptors (Lipinski definition) is 4. The number of anilines is 1. The van der Waals surface area contributed by atoms with Crippen molar-refractivity contribution in [2.75, 3.05) is 4.90 Å². The molecular formula is C26H22ClNO4. The summed E-state index contributed by atoms with van der Waals surface area (Å²) in [6.45, 7) is 3.71. The molecule has 0 unspecified atom stereocenters. The molecule has 162 valence electrons. The predicted octanol–water partition coefficient (Wildman–Crippen LogP) is 4.73. The van der Waals surface area contributed by atoms with Crippen molar-refractivity contribution < 1.29 is 19.1 Å². The zero-order valence-electron chi connectivity index (χ0n) is 17.7. The molecule has 2 amide bonds. The molecule has 1 saturated heterocycles. The Hall–Kier alpha value is -2.92. The lowest BCUT2D eigenvalue weighted by Gasteiger charge is -2.37. The Labute approximate surface area is 191 Å². The fourth-order valence-electron chi connectivity index (χ4n) is 6.09. The molecule has 1 heterocycles. The van der Waals surface area contributed by atoms with Gasteiger partial charge >= 0.3 is 5.97 Å². The van der Waals surface area contributed by atoms with E-state index in [2.05, 4.69) is 12.2 Å². The first-order valence-corrected chi connectivity index (χ1v) is 11.4. The van der Waals surface area contributed by atoms with Crippen molar-refractivity contribution in [2.45, 2.75) is 20.3 Å². The van der Waals surface area contributed by atoms with Gasteiger partial charge in [0, 0.05) is 5.02 Å². The summed E-state index contributed by atoms with van der Waals surface area (Å²) in [5.41, 5.74) is 2.52. The van der Waals surface area contributed by atoms with Crippen molar-refractivity contribution >= 4 is 35.1 Å². The second kappa shape index (κ2) is 6.79. The van der Waals surface area contributed by atoms with Gasteiger partial charge in [0.05, 0.1) is 23.1 Å². The highest BCUT2D eigenvalue weighted by Gasteiger charge is 2.67. The van der Waals surface area contributed by atoms with Gasteiger partial charge < -0.3 is 4.74 Å². The zero-order chi connectivity index (χ0) is 22.3. The molecule has 0 radical (unpaired) electrons. The summed E-state index contributed by atoms with van der Waals surface area (Å²) < 4.78 is 5.50. The van der Waals surface area contributed by atoms with Crippen LogP contribution in [0.3, 0.4) is 0 Å². The minimum Gasteiger partial charge on any atom is -0.423 e. The van der Waals surface area contributed by atoms with Crippen molar-refractivity contribution in [3.05, 3.63) is 70.3 Å². The summed E-state index contributed by atoms with van der Waals surface area (Å²) in [7, 11) is 0. The number of carbonyl (C=O) groups is 3. The van der Waals surface area contributed by atoms with Crippen LogP contribution in [0.25, 0.3) is 0 Å². The lowest BCUT2D eigenvalue weighted by molar-refractivity contribution is -0.124. The number of aryl methyl sites for hydroxylation is 2. The standard InChI is InChI=1S/C26H22ClNO4/c1-12-9-16(10-13(2)23(12)27)32-26(31)14-3-5-15(6-4-14)28-24(29)21-17-7-8-18(20-11-19(17)20)22(21)25(28)30/h3-10,17-22H,11H2,1-2H3/t17-,18+,19-,20-,21+,22-/m1/s1. The van der Waals surface area contributed by atoms with Crippen molar-refractivity contribution in [3.63, 3.8) is 0 Å². The number of amides is 2. The van der Waals surface area contributed by atoms with Gasteiger partial charge in [-0.05, 0) is 91.5 Å². The Morgan fingerprint density at radius 3 is 2.00 bits per heavy atom. The quantitative estimate of drug-likeness (QED) is 0.295. The lowest BCUT2D eigenvalue weighted by atomic mass is 9.63. The van der Waals surface area contributed by atoms with Crippen molar-refractivity contribution in [2.24, 2.45) is 35.5 Å². The number of rotatable bonds is 3. The minimum absolute atomic E-state index is 0.104. The molecule has 5 aliphatic rings. The predicted molar refractivity (Wildman–Crippen MR) is 120 cm³/mol. The van der Waals surface area contributed by atoms with Gasteiger partial charge in [-0.3, -0.25) is 14.5 Å². The molecule has 1 aliphatic heterocycles. The van der Waals surface area contributed by atoms with E-state index < -0.39 is 5.97 Å². The van der Waals surface area contributed by atoms with E-state index in [9.17, 15) is 14.4 Å². The highest BCUT2D eigenvalue weighted by molar-refractivity contribution is 6.32. The van der Waals surface area contributed by atoms with Crippen LogP contribution in [-0.4, -0.2) is 17.8 Å². The van der Waals surface area contributed by atoms with Gasteiger partial charge in [0.1, 0.15) is 5.75 Å². The molecule has 2 aromatic rings. The van der Waals surface area contributed by atoms with Crippen molar-refractivity contribution in [3.8, 4) is 5.75 Å². The van der Waals surface area contributed by atoms with Crippen LogP contribution in [0.4, 0.5) is 5.69 Å². The highest BCUT2D eigenvalue weighted by Crippen LogP contribution is 2.65. The van der Waals surface area contributed by atoms with Gasteiger partial charge in [-0.2, -0.15) is 0 Å². The molecule has 0 aromatic heterocycles. The minimum atomic E-state index is -0.507. The third-order valence-electron chi connectivity index (χ3n) is 7.64. The van der Waals surface area contributed by atoms with Crippen molar-refractivity contribution in [1.82, 2.24) is 0 Å². The van der Waals surface area contributed by atoms with Crippen LogP contribution in [-0.2, 0) is 9.59 Å². The number of imide groups is 1. The number of hydrogen-bond donors (Lipinski definition) is 0. The first-order valence-electron chi connectivity index (χ1n) is 11.0. The van der Waals surface area contributed by atoms with Gasteiger partial charge in [0.2, 0.25) is 11.8 Å². The number of allylic oxidation sites excluding steroid dienone is 2. The molecule has 3 fully saturated rings. The number of ether oxygens (including phenoxy) is 1. The molecule has 2 saturated carbocycles. The van der Waals surface area contributed by atoms with Crippen LogP contribution >= 0.6 is 11.6 Å². The maximum atomic E-state index is 13.2. The molecule has 32 heavy (non-hydrogen) atoms. The van der Waals surface area contributed by atoms with E-state index in [4.69, 9.17) is 16.3 Å². The van der Waals surface area contributed by atoms with Crippen LogP contribution < -0.4 is 9.64 Å². The molecule has 6 heteroatoms. The van der Waals surface area contributed by atoms with Gasteiger partial charge in [-0.15, -0.1) is 0 Å². The molecular weight excluding hydrogens is 426 g/mol. The Bertz CT molecular complexity index is 1160. The Kier molecular flexibility index (Phi) is 4.19. The average molecular weight is 448 g/mol. The number of halogens is 1. The Balaban J connectivity index is 1.22. The third-order valence-corrected chi connectivity index (χ3v) is 8.24. The van der Waals surface area contributed by atoms with E-state index >= 15 is 0 Å². The van der Waals surface area contributed by atoms with Crippen LogP contribution in [0.5, 0.6) is 5.75 Å². The SMILES string of the molecule is Cc1cc(OC(=O)c2ccc(N3C(=O)[C@@H]4[C@H]5C=C[C@H]([C@H]6C[C@H]56)[C@@H]4C3=O)cc2)cc(C)c1Cl. The second-order valence-corrected chi connectivity index (χ2v) is 9.85. The van der Waals surface area contributed by atoms with Gasteiger partial charge in [0.25, 0.3) is 0 Å². The molecule has 2 aromatic carbocycles. The maximum absolute atomic E-state index is 13.2. The largest absolute Gasteiger partial charge is 0.423 e. The van der Waals surface area contributed by atoms with Crippen LogP contribution in [0, 0.1) is 49.4 Å². The molecule has 2 bridgehead atoms. The van der Waals surface area contributed by atoms with E-state index in [0.29, 0.717) is 33.9 Å². The lowest BCUT2D eigenvalue weighted by Crippen LogP contribution is -2.40. The van der Waals surface area contributed by atoms with E-state index in [1.807, 2.05) is 13.8 Å². The number of benzene rings is 2. The van der Waals surface area contributed by atoms with Gasteiger partial charge in [0.15, 0.2) is 0 Å². The van der Waals surface area contributed by atoms with Crippen LogP contribution in [0.1, 0.15) is 27.9 Å². The fraction of sp³-hybridized carbons (Fsp3) is 0.346. The van der Waals surface area contributed by atoms with E-state index in [-0.39, 0.29) is 35.5 Å². The van der Waals surface area contributed by atoms with Crippen molar-refractivity contribution in [1.29, 1.82) is 0 Å². The molecule has 5 nitrogen and oxygen atoms in total. The highest BCUT2D eigenvalue weighted by atomic mass is 35.5. The zero-order valence-corrected chi connectivity index (χ0v) is 18.5. The third kappa shape index (κ3) is 2.73. The monoisotopic (exact) mass is 447 g/mol. The summed E-state index contributed by atoms with van der Waals surface area (Å²) in [6, 6.07) is 9.94. The second-order valence-electron chi connectivity index (χ2n) is 9.47. The van der Waals surface area contributed by atoms with Crippen LogP contribution in [0.2, 0.25) is 5.02 Å². The Morgan fingerprint density at radius 1 is 0.938 bits per heavy atom. The van der Waals surface area contributed by atoms with Gasteiger partial charge in [-0.25, -0.2) is 4.79 Å². The number of nitrogens with zero attached hydrogens (tertiary/aromatic N) is 1. The summed E-state index contributed by atoms with van der Waals surface area (Å²) in [4.78, 5) is 40.4. The van der Waals surface area contributed by atoms with Crippen LogP contribution in [0.15, 0.2) is 48.6 Å². The van der Waals surface area contributed by atoms with E-state index in [1.165, 1.54) is 4.90 Å². The van der Waals surface area contributed by atoms with Gasteiger partial charge in [-0.1, -0.05) is 23.8 Å². The van der Waals surface area contributed by atoms with E-state index in [1.54, 1.807) is 36.4 Å². The topological polar surface area (TPSA) is 63.7 Å². The average Bonchev–Trinajstić information content (AvgIpc) is 3.55. The maximum Gasteiger partial charge on any atom is 0.343 e. The summed E-state index contributed by atoms with van der Waals surface area (Å²) >= 11 is 6.18. The Morgan fingerprint density at radius 2 is 1.47 bits per heavy atom. The molecule has 4 aliphatic carbocycles. The molecule has 0 N–H and O–H groups in total. The number of esters is 1. The smallest absolute Gasteiger partial charge is 0.343 e. The number of carbonyl (C=O) groups excluding carboxylic acids is 3. The molecule has 6 atom stereocenters. The summed E-state index contributed by atoms with van der Waals surface area (Å²) in [5.74, 6) is 0.764. The first kappa shape index (κ1) is 19.7. The summed E-state index contributed by atoms with van der Waals surface area (Å²) in [6.07, 6.45) is 5.46. The van der Waals surface area contributed by atoms with E-state index in [0.717, 1.165) is 17.5 Å². The molecule has 7 rings (SSSR count). The molecule has 0 spiro atoms. The first-order chi connectivity index (χ1) is 15.3. The fourth-order valence-corrected chi connectivity index (χ4v) is 6.20. The summed E-state index contributed by atoms with van der Waals surface area (Å²) in [5, 5.41) is 0.649. The normalized spacial score (nSPS) is 31.5.